The zero-order valence-electron chi connectivity index (χ0n) is 10.9. The first kappa shape index (κ1) is 13.4. The van der Waals surface area contributed by atoms with Gasteiger partial charge >= 0.3 is 0 Å². The van der Waals surface area contributed by atoms with Gasteiger partial charge < -0.3 is 15.8 Å². The molecule has 4 nitrogen and oxygen atoms in total. The van der Waals surface area contributed by atoms with Crippen molar-refractivity contribution in [3.05, 3.63) is 40.1 Å². The molecule has 0 unspecified atom stereocenters. The molecule has 1 aromatic heterocycles. The van der Waals surface area contributed by atoms with Crippen molar-refractivity contribution >= 4 is 28.6 Å². The Labute approximate surface area is 116 Å². The molecule has 0 radical (unpaired) electrons. The van der Waals surface area contributed by atoms with Gasteiger partial charge in [-0.15, -0.1) is 11.3 Å². The molecule has 1 heterocycles. The Balaban J connectivity index is 2.15. The molecule has 2 rings (SSSR count). The number of thiophene rings is 1. The van der Waals surface area contributed by atoms with Gasteiger partial charge in [0.25, 0.3) is 5.91 Å². The highest BCUT2D eigenvalue weighted by Gasteiger charge is 2.12. The van der Waals surface area contributed by atoms with Crippen molar-refractivity contribution in [3.8, 4) is 5.75 Å². The van der Waals surface area contributed by atoms with Crippen molar-refractivity contribution in [3.63, 3.8) is 0 Å². The van der Waals surface area contributed by atoms with Crippen LogP contribution in [0.4, 0.5) is 11.4 Å². The topological polar surface area (TPSA) is 64.3 Å². The minimum atomic E-state index is -0.181. The maximum atomic E-state index is 12.0. The van der Waals surface area contributed by atoms with Crippen LogP contribution in [0.15, 0.2) is 29.6 Å². The highest BCUT2D eigenvalue weighted by molar-refractivity contribution is 7.12. The van der Waals surface area contributed by atoms with E-state index in [2.05, 4.69) is 5.32 Å². The molecule has 0 saturated heterocycles. The molecule has 0 fully saturated rings. The maximum absolute atomic E-state index is 12.0. The van der Waals surface area contributed by atoms with E-state index in [1.54, 1.807) is 11.4 Å². The Hall–Kier alpha value is -2.01. The van der Waals surface area contributed by atoms with Crippen molar-refractivity contribution in [2.75, 3.05) is 17.7 Å². The first-order valence-corrected chi connectivity index (χ1v) is 6.87. The lowest BCUT2D eigenvalue weighted by molar-refractivity contribution is 0.103. The van der Waals surface area contributed by atoms with Gasteiger partial charge in [-0.3, -0.25) is 4.79 Å². The quantitative estimate of drug-likeness (QED) is 0.900. The van der Waals surface area contributed by atoms with Gasteiger partial charge in [-0.25, -0.2) is 0 Å². The molecule has 5 heteroatoms. The van der Waals surface area contributed by atoms with Crippen LogP contribution in [-0.2, 0) is 0 Å². The maximum Gasteiger partial charge on any atom is 0.267 e. The van der Waals surface area contributed by atoms with E-state index < -0.39 is 0 Å². The number of hydrogen-bond acceptors (Lipinski definition) is 4. The van der Waals surface area contributed by atoms with Crippen LogP contribution in [0.5, 0.6) is 5.75 Å². The SMILES string of the molecule is CCOc1ccc(NC(=O)c2sccc2N)c(C)c1. The molecule has 0 aliphatic carbocycles. The smallest absolute Gasteiger partial charge is 0.267 e. The van der Waals surface area contributed by atoms with E-state index in [0.717, 1.165) is 17.0 Å². The van der Waals surface area contributed by atoms with Crippen molar-refractivity contribution < 1.29 is 9.53 Å². The summed E-state index contributed by atoms with van der Waals surface area (Å²) in [4.78, 5) is 12.6. The average molecular weight is 276 g/mol. The molecule has 1 aromatic carbocycles. The molecule has 2 aromatic rings. The van der Waals surface area contributed by atoms with Gasteiger partial charge in [-0.2, -0.15) is 0 Å². The van der Waals surface area contributed by atoms with Gasteiger partial charge in [0.2, 0.25) is 0 Å². The predicted molar refractivity (Wildman–Crippen MR) is 79.0 cm³/mol. The largest absolute Gasteiger partial charge is 0.494 e. The third kappa shape index (κ3) is 3.06. The summed E-state index contributed by atoms with van der Waals surface area (Å²) in [5, 5.41) is 4.66. The molecule has 0 spiro atoms. The number of nitrogens with two attached hydrogens (primary N) is 1. The molecule has 3 N–H and O–H groups in total. The highest BCUT2D eigenvalue weighted by atomic mass is 32.1. The third-order valence-electron chi connectivity index (χ3n) is 2.66. The summed E-state index contributed by atoms with van der Waals surface area (Å²) >= 11 is 1.33. The van der Waals surface area contributed by atoms with E-state index in [4.69, 9.17) is 10.5 Å². The fourth-order valence-electron chi connectivity index (χ4n) is 1.72. The lowest BCUT2D eigenvalue weighted by atomic mass is 10.2. The number of carbonyl (C=O) groups excluding carboxylic acids is 1. The Kier molecular flexibility index (Phi) is 4.06. The summed E-state index contributed by atoms with van der Waals surface area (Å²) in [7, 11) is 0. The standard InChI is InChI=1S/C14H16N2O2S/c1-3-18-10-4-5-12(9(2)8-10)16-14(17)13-11(15)6-7-19-13/h4-8H,3,15H2,1-2H3,(H,16,17). The van der Waals surface area contributed by atoms with Crippen LogP contribution in [0.3, 0.4) is 0 Å². The van der Waals surface area contributed by atoms with E-state index in [-0.39, 0.29) is 5.91 Å². The number of amides is 1. The second-order valence-electron chi connectivity index (χ2n) is 4.07. The zero-order valence-corrected chi connectivity index (χ0v) is 11.7. The number of nitrogen functional groups attached to an aromatic ring is 1. The fraction of sp³-hybridized carbons (Fsp3) is 0.214. The first-order chi connectivity index (χ1) is 9.11. The highest BCUT2D eigenvalue weighted by Crippen LogP contribution is 2.24. The molecule has 0 aliphatic heterocycles. The molecular formula is C14H16N2O2S. The molecule has 0 atom stereocenters. The van der Waals surface area contributed by atoms with Gasteiger partial charge in [-0.1, -0.05) is 0 Å². The third-order valence-corrected chi connectivity index (χ3v) is 3.59. The minimum Gasteiger partial charge on any atom is -0.494 e. The Bertz CT molecular complexity index is 593. The summed E-state index contributed by atoms with van der Waals surface area (Å²) in [6.07, 6.45) is 0. The second kappa shape index (κ2) is 5.75. The number of aryl methyl sites for hydroxylation is 1. The van der Waals surface area contributed by atoms with Crippen LogP contribution in [0.25, 0.3) is 0 Å². The van der Waals surface area contributed by atoms with E-state index in [1.165, 1.54) is 11.3 Å². The van der Waals surface area contributed by atoms with Crippen molar-refractivity contribution in [2.24, 2.45) is 0 Å². The molecule has 0 bridgehead atoms. The number of anilines is 2. The van der Waals surface area contributed by atoms with Gasteiger partial charge in [0, 0.05) is 5.69 Å². The Morgan fingerprint density at radius 3 is 2.79 bits per heavy atom. The molecule has 100 valence electrons. The summed E-state index contributed by atoms with van der Waals surface area (Å²) < 4.78 is 5.41. The van der Waals surface area contributed by atoms with Crippen molar-refractivity contribution in [2.45, 2.75) is 13.8 Å². The lowest BCUT2D eigenvalue weighted by Gasteiger charge is -2.10. The Morgan fingerprint density at radius 2 is 2.21 bits per heavy atom. The van der Waals surface area contributed by atoms with E-state index >= 15 is 0 Å². The zero-order chi connectivity index (χ0) is 13.8. The molecule has 19 heavy (non-hydrogen) atoms. The first-order valence-electron chi connectivity index (χ1n) is 5.99. The van der Waals surface area contributed by atoms with E-state index in [0.29, 0.717) is 17.2 Å². The summed E-state index contributed by atoms with van der Waals surface area (Å²) in [5.74, 6) is 0.619. The van der Waals surface area contributed by atoms with Crippen molar-refractivity contribution in [1.29, 1.82) is 0 Å². The predicted octanol–water partition coefficient (Wildman–Crippen LogP) is 3.29. The van der Waals surface area contributed by atoms with Crippen molar-refractivity contribution in [1.82, 2.24) is 0 Å². The summed E-state index contributed by atoms with van der Waals surface area (Å²) in [6, 6.07) is 7.30. The number of nitrogens with one attached hydrogen (secondary N) is 1. The van der Waals surface area contributed by atoms with Gasteiger partial charge in [0.05, 0.1) is 12.3 Å². The Morgan fingerprint density at radius 1 is 1.42 bits per heavy atom. The number of rotatable bonds is 4. The van der Waals surface area contributed by atoms with Gasteiger partial charge in [0.1, 0.15) is 10.6 Å². The fourth-order valence-corrected chi connectivity index (χ4v) is 2.43. The number of ether oxygens (including phenoxy) is 1. The van der Waals surface area contributed by atoms with Crippen LogP contribution in [0.2, 0.25) is 0 Å². The molecule has 0 saturated carbocycles. The number of benzene rings is 1. The van der Waals surface area contributed by atoms with Crippen LogP contribution in [-0.4, -0.2) is 12.5 Å². The lowest BCUT2D eigenvalue weighted by Crippen LogP contribution is -2.12. The average Bonchev–Trinajstić information content (AvgIpc) is 2.79. The molecule has 1 amide bonds. The van der Waals surface area contributed by atoms with Crippen LogP contribution in [0, 0.1) is 6.92 Å². The van der Waals surface area contributed by atoms with Gasteiger partial charge in [0.15, 0.2) is 0 Å². The summed E-state index contributed by atoms with van der Waals surface area (Å²) in [5.41, 5.74) is 7.95. The molecular weight excluding hydrogens is 260 g/mol. The van der Waals surface area contributed by atoms with Crippen LogP contribution >= 0.6 is 11.3 Å². The normalized spacial score (nSPS) is 10.2. The van der Waals surface area contributed by atoms with Crippen LogP contribution in [0.1, 0.15) is 22.2 Å². The number of carbonyl (C=O) groups is 1. The van der Waals surface area contributed by atoms with Gasteiger partial charge in [-0.05, 0) is 49.1 Å². The molecule has 0 aliphatic rings. The van der Waals surface area contributed by atoms with Crippen LogP contribution < -0.4 is 15.8 Å². The number of hydrogen-bond donors (Lipinski definition) is 2. The summed E-state index contributed by atoms with van der Waals surface area (Å²) in [6.45, 7) is 4.48. The van der Waals surface area contributed by atoms with E-state index in [1.807, 2.05) is 32.0 Å². The monoisotopic (exact) mass is 276 g/mol. The minimum absolute atomic E-state index is 0.181. The van der Waals surface area contributed by atoms with E-state index in [9.17, 15) is 4.79 Å². The second-order valence-corrected chi connectivity index (χ2v) is 4.99.